The number of benzene rings is 2. The number of hydrogen-bond acceptors (Lipinski definition) is 4. The minimum Gasteiger partial charge on any atom is -0.333 e. The van der Waals surface area contributed by atoms with Gasteiger partial charge in [-0.15, -0.1) is 0 Å². The Morgan fingerprint density at radius 1 is 0.929 bits per heavy atom. The van der Waals surface area contributed by atoms with Crippen molar-refractivity contribution in [2.45, 2.75) is 27.3 Å². The van der Waals surface area contributed by atoms with E-state index in [1.165, 1.54) is 5.56 Å². The van der Waals surface area contributed by atoms with E-state index in [0.717, 1.165) is 23.6 Å². The molecule has 0 N–H and O–H groups in total. The number of aromatic nitrogens is 2. The molecular formula is C23H26N4O. The van der Waals surface area contributed by atoms with E-state index in [1.54, 1.807) is 17.3 Å². The molecule has 1 amide bonds. The van der Waals surface area contributed by atoms with Gasteiger partial charge in [0.15, 0.2) is 5.82 Å². The van der Waals surface area contributed by atoms with E-state index in [-0.39, 0.29) is 5.91 Å². The van der Waals surface area contributed by atoms with Gasteiger partial charge in [0.25, 0.3) is 5.91 Å². The van der Waals surface area contributed by atoms with Crippen molar-refractivity contribution in [3.05, 3.63) is 83.8 Å². The Bertz CT molecular complexity index is 909. The van der Waals surface area contributed by atoms with Crippen molar-refractivity contribution in [2.75, 3.05) is 18.0 Å². The summed E-state index contributed by atoms with van der Waals surface area (Å²) in [5, 5.41) is 0. The van der Waals surface area contributed by atoms with Crippen LogP contribution in [-0.4, -0.2) is 33.9 Å². The first kappa shape index (κ1) is 19.5. The highest BCUT2D eigenvalue weighted by Crippen LogP contribution is 2.23. The maximum Gasteiger partial charge on any atom is 0.274 e. The Morgan fingerprint density at radius 3 is 2.32 bits per heavy atom. The van der Waals surface area contributed by atoms with Crippen molar-refractivity contribution in [1.82, 2.24) is 14.9 Å². The van der Waals surface area contributed by atoms with Crippen LogP contribution in [0.3, 0.4) is 0 Å². The molecule has 0 atom stereocenters. The Morgan fingerprint density at radius 2 is 1.71 bits per heavy atom. The number of rotatable bonds is 7. The van der Waals surface area contributed by atoms with E-state index in [4.69, 9.17) is 0 Å². The zero-order chi connectivity index (χ0) is 19.9. The van der Waals surface area contributed by atoms with Crippen LogP contribution in [0.1, 0.15) is 35.5 Å². The monoisotopic (exact) mass is 374 g/mol. The molecule has 28 heavy (non-hydrogen) atoms. The Labute approximate surface area is 166 Å². The molecule has 5 heteroatoms. The molecule has 0 saturated carbocycles. The van der Waals surface area contributed by atoms with Gasteiger partial charge in [0.1, 0.15) is 5.69 Å². The first-order valence-electron chi connectivity index (χ1n) is 9.61. The molecule has 1 heterocycles. The van der Waals surface area contributed by atoms with Crippen molar-refractivity contribution in [2.24, 2.45) is 0 Å². The first-order chi connectivity index (χ1) is 13.6. The minimum absolute atomic E-state index is 0.107. The third kappa shape index (κ3) is 4.55. The highest BCUT2D eigenvalue weighted by atomic mass is 16.2. The molecule has 0 spiro atoms. The average molecular weight is 374 g/mol. The van der Waals surface area contributed by atoms with Gasteiger partial charge in [0.05, 0.1) is 12.4 Å². The second-order valence-corrected chi connectivity index (χ2v) is 6.65. The number of aryl methyl sites for hydroxylation is 1. The molecule has 0 aliphatic heterocycles. The maximum atomic E-state index is 12.9. The summed E-state index contributed by atoms with van der Waals surface area (Å²) in [5.41, 5.74) is 3.71. The lowest BCUT2D eigenvalue weighted by Gasteiger charge is -2.23. The normalized spacial score (nSPS) is 10.5. The summed E-state index contributed by atoms with van der Waals surface area (Å²) in [6.07, 6.45) is 3.25. The fraction of sp³-hybridized carbons (Fsp3) is 0.261. The average Bonchev–Trinajstić information content (AvgIpc) is 2.73. The molecule has 3 aromatic rings. The van der Waals surface area contributed by atoms with Crippen LogP contribution in [-0.2, 0) is 6.54 Å². The van der Waals surface area contributed by atoms with Gasteiger partial charge in [-0.25, -0.2) is 9.97 Å². The van der Waals surface area contributed by atoms with Gasteiger partial charge in [-0.2, -0.15) is 0 Å². The van der Waals surface area contributed by atoms with Crippen LogP contribution >= 0.6 is 0 Å². The first-order valence-corrected chi connectivity index (χ1v) is 9.61. The molecule has 1 aromatic heterocycles. The highest BCUT2D eigenvalue weighted by Gasteiger charge is 2.17. The van der Waals surface area contributed by atoms with Gasteiger partial charge in [-0.05, 0) is 44.0 Å². The smallest absolute Gasteiger partial charge is 0.274 e. The number of carbonyl (C=O) groups is 1. The molecule has 2 aromatic carbocycles. The Kier molecular flexibility index (Phi) is 6.37. The van der Waals surface area contributed by atoms with E-state index in [9.17, 15) is 4.79 Å². The molecule has 0 radical (unpaired) electrons. The number of amides is 1. The van der Waals surface area contributed by atoms with Crippen LogP contribution in [0, 0.1) is 6.92 Å². The van der Waals surface area contributed by atoms with Gasteiger partial charge in [0, 0.05) is 25.3 Å². The van der Waals surface area contributed by atoms with Crippen molar-refractivity contribution in [1.29, 1.82) is 0 Å². The van der Waals surface area contributed by atoms with Crippen molar-refractivity contribution < 1.29 is 4.79 Å². The Hall–Kier alpha value is -3.21. The third-order valence-corrected chi connectivity index (χ3v) is 4.65. The number of nitrogens with zero attached hydrogens (tertiary/aromatic N) is 4. The topological polar surface area (TPSA) is 49.3 Å². The largest absolute Gasteiger partial charge is 0.333 e. The zero-order valence-corrected chi connectivity index (χ0v) is 16.7. The second-order valence-electron chi connectivity index (χ2n) is 6.65. The molecule has 0 bridgehead atoms. The molecule has 3 rings (SSSR count). The summed E-state index contributed by atoms with van der Waals surface area (Å²) in [4.78, 5) is 25.6. The lowest BCUT2D eigenvalue weighted by atomic mass is 10.2. The van der Waals surface area contributed by atoms with E-state index >= 15 is 0 Å². The molecule has 0 aliphatic carbocycles. The lowest BCUT2D eigenvalue weighted by molar-refractivity contribution is 0.0746. The predicted molar refractivity (Wildman–Crippen MR) is 113 cm³/mol. The van der Waals surface area contributed by atoms with Gasteiger partial charge in [-0.1, -0.05) is 42.5 Å². The predicted octanol–water partition coefficient (Wildman–Crippen LogP) is 4.61. The summed E-state index contributed by atoms with van der Waals surface area (Å²) in [6.45, 7) is 8.05. The molecule has 144 valence electrons. The fourth-order valence-corrected chi connectivity index (χ4v) is 3.14. The summed E-state index contributed by atoms with van der Waals surface area (Å²) >= 11 is 0. The second kappa shape index (κ2) is 9.13. The molecule has 0 aliphatic rings. The molecular weight excluding hydrogens is 348 g/mol. The SMILES string of the molecule is CCN(Cc1ccccc1)C(=O)c1cnc(N(CC)c2cccc(C)c2)cn1. The van der Waals surface area contributed by atoms with E-state index in [0.29, 0.717) is 18.8 Å². The van der Waals surface area contributed by atoms with Crippen LogP contribution in [0.4, 0.5) is 11.5 Å². The summed E-state index contributed by atoms with van der Waals surface area (Å²) < 4.78 is 0. The molecule has 5 nitrogen and oxygen atoms in total. The number of hydrogen-bond donors (Lipinski definition) is 0. The molecule has 0 fully saturated rings. The molecule has 0 unspecified atom stereocenters. The van der Waals surface area contributed by atoms with Crippen LogP contribution in [0.5, 0.6) is 0 Å². The van der Waals surface area contributed by atoms with Crippen LogP contribution < -0.4 is 4.90 Å². The van der Waals surface area contributed by atoms with Gasteiger partial charge < -0.3 is 9.80 Å². The number of anilines is 2. The highest BCUT2D eigenvalue weighted by molar-refractivity contribution is 5.92. The fourth-order valence-electron chi connectivity index (χ4n) is 3.14. The van der Waals surface area contributed by atoms with Crippen LogP contribution in [0.2, 0.25) is 0 Å². The standard InChI is InChI=1S/C23H26N4O/c1-4-26(17-19-11-7-6-8-12-19)23(28)21-15-25-22(16-24-21)27(5-2)20-13-9-10-18(3)14-20/h6-16H,4-5,17H2,1-3H3. The van der Waals surface area contributed by atoms with Crippen LogP contribution in [0.25, 0.3) is 0 Å². The van der Waals surface area contributed by atoms with E-state index in [1.807, 2.05) is 43.3 Å². The number of carbonyl (C=O) groups excluding carboxylic acids is 1. The van der Waals surface area contributed by atoms with E-state index < -0.39 is 0 Å². The summed E-state index contributed by atoms with van der Waals surface area (Å²) in [5.74, 6) is 0.625. The maximum absolute atomic E-state index is 12.9. The third-order valence-electron chi connectivity index (χ3n) is 4.65. The minimum atomic E-state index is -0.107. The summed E-state index contributed by atoms with van der Waals surface area (Å²) in [7, 11) is 0. The summed E-state index contributed by atoms with van der Waals surface area (Å²) in [6, 6.07) is 18.2. The van der Waals surface area contributed by atoms with Crippen molar-refractivity contribution in [3.8, 4) is 0 Å². The van der Waals surface area contributed by atoms with Crippen LogP contribution in [0.15, 0.2) is 67.0 Å². The van der Waals surface area contributed by atoms with Gasteiger partial charge >= 0.3 is 0 Å². The zero-order valence-electron chi connectivity index (χ0n) is 16.7. The van der Waals surface area contributed by atoms with Gasteiger partial charge in [-0.3, -0.25) is 4.79 Å². The molecule has 0 saturated heterocycles. The van der Waals surface area contributed by atoms with E-state index in [2.05, 4.69) is 46.9 Å². The Balaban J connectivity index is 1.77. The van der Waals surface area contributed by atoms with Crippen molar-refractivity contribution in [3.63, 3.8) is 0 Å². The quantitative estimate of drug-likeness (QED) is 0.606. The van der Waals surface area contributed by atoms with Crippen molar-refractivity contribution >= 4 is 17.4 Å². The lowest BCUT2D eigenvalue weighted by Crippen LogP contribution is -2.31. The van der Waals surface area contributed by atoms with Gasteiger partial charge in [0.2, 0.25) is 0 Å².